The molecule has 0 bridgehead atoms. The summed E-state index contributed by atoms with van der Waals surface area (Å²) in [5.74, 6) is -2.22. The summed E-state index contributed by atoms with van der Waals surface area (Å²) < 4.78 is 42.7. The van der Waals surface area contributed by atoms with E-state index in [2.05, 4.69) is 26.4 Å². The molecule has 2 unspecified atom stereocenters. The fraction of sp³-hybridized carbons (Fsp3) is 0.632. The fourth-order valence-corrected chi connectivity index (χ4v) is 10.4. The number of hydrogen-bond acceptors (Lipinski definition) is 9. The lowest BCUT2D eigenvalue weighted by atomic mass is 9.52. The predicted octanol–water partition coefficient (Wildman–Crippen LogP) is 10.9. The first-order valence-electron chi connectivity index (χ1n) is 26.2. The molecule has 0 saturated heterocycles. The number of aryl methyl sites for hydroxylation is 3. The zero-order chi connectivity index (χ0) is 56.5. The van der Waals surface area contributed by atoms with E-state index in [4.69, 9.17) is 9.47 Å². The van der Waals surface area contributed by atoms with E-state index in [9.17, 15) is 18.8 Å². The normalized spacial score (nSPS) is 18.1. The summed E-state index contributed by atoms with van der Waals surface area (Å²) in [6, 6.07) is 12.5. The third-order valence-electron chi connectivity index (χ3n) is 15.8. The van der Waals surface area contributed by atoms with Crippen molar-refractivity contribution in [3.8, 4) is 11.3 Å². The number of alkyl carbamates (subject to hydrolysis) is 2. The Morgan fingerprint density at radius 2 is 1.36 bits per heavy atom. The van der Waals surface area contributed by atoms with Crippen LogP contribution in [0, 0.1) is 48.9 Å². The molecule has 13 heteroatoms. The van der Waals surface area contributed by atoms with Gasteiger partial charge in [0.2, 0.25) is 5.91 Å². The largest absolute Gasteiger partial charge is 0.453 e. The number of pyridine rings is 1. The molecule has 0 aliphatic carbocycles. The Hall–Kier alpha value is -5.01. The lowest BCUT2D eigenvalue weighted by Crippen LogP contribution is -2.74. The molecule has 13 nitrogen and oxygen atoms in total. The number of nitrogens with one attached hydrogen (secondary N) is 4. The van der Waals surface area contributed by atoms with Crippen LogP contribution in [0.15, 0.2) is 60.8 Å². The summed E-state index contributed by atoms with van der Waals surface area (Å²) in [7, 11) is 1.18. The molecule has 0 aliphatic heterocycles. The standard InChI is InChI=1S/C57H90N6O7/c1-23-54(18,35(2)3)45(59-49(66)69-22)46(64)62-63(53(16,17)43-31-30-41(33-40(43)10)44-39(9)28-26-32-58-44)34-55(19,68)47(52(14,15)42-29-25-24-27-38(42)8)60-48(65)57(21,61-50(67)70-37(6)7)56(20,36(4)5)51(11,12)13/h24-33,35-37,45,47,68H,23,34H2,1-22H3,(H,59,66)(H,60,65)(H,61,67)(H,62,64)/t45-,47+,54?,55+,56?,57-/m1/s1/i34D2,47D. The van der Waals surface area contributed by atoms with Crippen LogP contribution in [0.5, 0.6) is 0 Å². The van der Waals surface area contributed by atoms with E-state index < -0.39 is 87.0 Å². The number of carbonyl (C=O) groups excluding carboxylic acids is 4. The van der Waals surface area contributed by atoms with E-state index in [0.717, 1.165) is 28.8 Å². The molecule has 0 radical (unpaired) electrons. The highest BCUT2D eigenvalue weighted by molar-refractivity contribution is 5.91. The van der Waals surface area contributed by atoms with Gasteiger partial charge in [0, 0.05) is 31.8 Å². The van der Waals surface area contributed by atoms with Gasteiger partial charge in [-0.25, -0.2) is 14.6 Å². The maximum atomic E-state index is 16.0. The maximum absolute atomic E-state index is 16.0. The fourth-order valence-electron chi connectivity index (χ4n) is 10.4. The molecule has 5 N–H and O–H groups in total. The number of hydrogen-bond donors (Lipinski definition) is 5. The van der Waals surface area contributed by atoms with E-state index in [1.807, 2.05) is 132 Å². The number of carbonyl (C=O) groups is 4. The van der Waals surface area contributed by atoms with Gasteiger partial charge in [0.25, 0.3) is 5.91 Å². The van der Waals surface area contributed by atoms with Gasteiger partial charge in [-0.05, 0) is 131 Å². The van der Waals surface area contributed by atoms with Crippen LogP contribution in [0.3, 0.4) is 0 Å². The number of hydrazine groups is 1. The van der Waals surface area contributed by atoms with Crippen LogP contribution < -0.4 is 21.4 Å². The minimum absolute atomic E-state index is 0.201. The monoisotopic (exact) mass is 974 g/mol. The van der Waals surface area contributed by atoms with Crippen LogP contribution in [0.4, 0.5) is 9.59 Å². The molecule has 1 aromatic heterocycles. The highest BCUT2D eigenvalue weighted by Crippen LogP contribution is 2.53. The summed E-state index contributed by atoms with van der Waals surface area (Å²) in [6.45, 7) is 34.4. The molecule has 0 fully saturated rings. The van der Waals surface area contributed by atoms with Gasteiger partial charge < -0.3 is 30.5 Å². The second-order valence-electron chi connectivity index (χ2n) is 22.9. The van der Waals surface area contributed by atoms with E-state index in [1.165, 1.54) is 7.11 Å². The highest BCUT2D eigenvalue weighted by Gasteiger charge is 2.60. The molecule has 3 aromatic rings. The van der Waals surface area contributed by atoms with Crippen molar-refractivity contribution in [3.63, 3.8) is 0 Å². The van der Waals surface area contributed by atoms with Crippen LogP contribution in [0.1, 0.15) is 163 Å². The van der Waals surface area contributed by atoms with Crippen LogP contribution >= 0.6 is 0 Å². The Labute approximate surface area is 425 Å². The van der Waals surface area contributed by atoms with Crippen molar-refractivity contribution < 1.29 is 37.9 Å². The lowest BCUT2D eigenvalue weighted by Gasteiger charge is -2.57. The predicted molar refractivity (Wildman–Crippen MR) is 282 cm³/mol. The third-order valence-corrected chi connectivity index (χ3v) is 15.8. The van der Waals surface area contributed by atoms with Gasteiger partial charge in [-0.3, -0.25) is 20.0 Å². The van der Waals surface area contributed by atoms with E-state index in [1.54, 1.807) is 66.8 Å². The van der Waals surface area contributed by atoms with Gasteiger partial charge in [-0.1, -0.05) is 126 Å². The van der Waals surface area contributed by atoms with Gasteiger partial charge in [-0.2, -0.15) is 0 Å². The second kappa shape index (κ2) is 22.2. The Morgan fingerprint density at radius 1 is 0.771 bits per heavy atom. The zero-order valence-corrected chi connectivity index (χ0v) is 46.6. The number of rotatable bonds is 20. The van der Waals surface area contributed by atoms with Crippen molar-refractivity contribution in [2.75, 3.05) is 13.6 Å². The maximum Gasteiger partial charge on any atom is 0.408 e. The lowest BCUT2D eigenvalue weighted by molar-refractivity contribution is -0.149. The Balaban J connectivity index is 2.61. The molecule has 0 saturated carbocycles. The minimum atomic E-state index is -3.23. The van der Waals surface area contributed by atoms with Gasteiger partial charge in [-0.15, -0.1) is 0 Å². The van der Waals surface area contributed by atoms with E-state index in [-0.39, 0.29) is 11.8 Å². The van der Waals surface area contributed by atoms with Crippen LogP contribution in [-0.2, 0) is 30.0 Å². The Morgan fingerprint density at radius 3 is 1.84 bits per heavy atom. The number of methoxy groups -OCH3 is 1. The molecule has 3 rings (SSSR count). The zero-order valence-electron chi connectivity index (χ0n) is 49.6. The summed E-state index contributed by atoms with van der Waals surface area (Å²) in [6.07, 6.45) is -0.219. The van der Waals surface area contributed by atoms with Crippen LogP contribution in [0.2, 0.25) is 0 Å². The van der Waals surface area contributed by atoms with Crippen molar-refractivity contribution in [1.29, 1.82) is 0 Å². The van der Waals surface area contributed by atoms with E-state index in [0.29, 0.717) is 28.7 Å². The first-order chi connectivity index (χ1) is 33.1. The molecule has 1 heterocycles. The Bertz CT molecular complexity index is 2470. The van der Waals surface area contributed by atoms with Crippen molar-refractivity contribution in [1.82, 2.24) is 31.4 Å². The quantitative estimate of drug-likeness (QED) is 0.0691. The summed E-state index contributed by atoms with van der Waals surface area (Å²) in [5.41, 5.74) is -3.19. The number of amides is 4. The van der Waals surface area contributed by atoms with Gasteiger partial charge >= 0.3 is 12.2 Å². The second-order valence-corrected chi connectivity index (χ2v) is 22.9. The van der Waals surface area contributed by atoms with Gasteiger partial charge in [0.1, 0.15) is 11.6 Å². The number of ether oxygens (including phenoxy) is 2. The number of aliphatic hydroxyl groups is 1. The first kappa shape index (κ1) is 54.3. The molecule has 70 heavy (non-hydrogen) atoms. The molecular weight excluding hydrogens is 881 g/mol. The van der Waals surface area contributed by atoms with Gasteiger partial charge in [0.05, 0.1) is 37.4 Å². The molecule has 390 valence electrons. The highest BCUT2D eigenvalue weighted by atomic mass is 16.6. The average molecular weight is 974 g/mol. The van der Waals surface area contributed by atoms with Crippen LogP contribution in [0.25, 0.3) is 11.3 Å². The Kier molecular flexibility index (Phi) is 17.2. The molecule has 0 spiro atoms. The number of benzene rings is 2. The SMILES string of the molecule is [2H]C([2H])(N(NC(=O)[C@@H](NC(=O)OC)C(C)(CC)C(C)C)C(C)(C)c1ccc(-c2ncccc2C)cc1C)[C@](C)(O)[C@@]([2H])(NC(=O)[C@@](C)(NC(=O)OC(C)C)C(C)(C(C)C)C(C)(C)C)C(C)(C)c1ccccc1C. The molecule has 6 atom stereocenters. The smallest absolute Gasteiger partial charge is 0.408 e. The van der Waals surface area contributed by atoms with E-state index >= 15 is 9.59 Å². The van der Waals surface area contributed by atoms with Crippen molar-refractivity contribution in [2.24, 2.45) is 28.1 Å². The summed E-state index contributed by atoms with van der Waals surface area (Å²) in [5, 5.41) is 23.4. The van der Waals surface area contributed by atoms with Crippen molar-refractivity contribution >= 4 is 24.0 Å². The number of aromatic nitrogens is 1. The number of nitrogens with zero attached hydrogens (tertiary/aromatic N) is 2. The van der Waals surface area contributed by atoms with Crippen molar-refractivity contribution in [2.45, 2.75) is 192 Å². The topological polar surface area (TPSA) is 171 Å². The molecular formula is C57H90N6O7. The van der Waals surface area contributed by atoms with Crippen molar-refractivity contribution in [3.05, 3.63) is 88.6 Å². The minimum Gasteiger partial charge on any atom is -0.453 e. The molecule has 2 aromatic carbocycles. The summed E-state index contributed by atoms with van der Waals surface area (Å²) in [4.78, 5) is 62.9. The molecule has 0 aliphatic rings. The average Bonchev–Trinajstić information content (AvgIpc) is 3.27. The van der Waals surface area contributed by atoms with Gasteiger partial charge in [0.15, 0.2) is 0 Å². The van der Waals surface area contributed by atoms with Crippen LogP contribution in [-0.4, -0.2) is 82.0 Å². The third kappa shape index (κ3) is 12.2. The molecule has 4 amide bonds. The summed E-state index contributed by atoms with van der Waals surface area (Å²) >= 11 is 0. The first-order valence-corrected chi connectivity index (χ1v) is 24.7.